The van der Waals surface area contributed by atoms with Crippen LogP contribution in [0.1, 0.15) is 32.8 Å². The van der Waals surface area contributed by atoms with E-state index in [4.69, 9.17) is 4.74 Å². The van der Waals surface area contributed by atoms with Gasteiger partial charge in [-0.3, -0.25) is 4.79 Å². The molecule has 0 aliphatic carbocycles. The molecule has 1 amide bonds. The molecule has 4 heterocycles. The first-order valence-electron chi connectivity index (χ1n) is 14.7. The molecule has 2 aromatic carbocycles. The molecule has 1 aliphatic rings. The van der Waals surface area contributed by atoms with Crippen molar-refractivity contribution in [2.24, 2.45) is 7.05 Å². The minimum atomic E-state index is -0.612. The molecule has 1 saturated heterocycles. The first kappa shape index (κ1) is 30.2. The Labute approximate surface area is 255 Å². The van der Waals surface area contributed by atoms with Crippen LogP contribution < -0.4 is 15.0 Å². The summed E-state index contributed by atoms with van der Waals surface area (Å²) in [5, 5.41) is 27.3. The molecule has 6 rings (SSSR count). The van der Waals surface area contributed by atoms with E-state index < -0.39 is 11.7 Å². The fourth-order valence-corrected chi connectivity index (χ4v) is 5.24. The van der Waals surface area contributed by atoms with Crippen molar-refractivity contribution in [3.05, 3.63) is 78.4 Å². The van der Waals surface area contributed by atoms with Crippen molar-refractivity contribution in [1.82, 2.24) is 29.0 Å². The van der Waals surface area contributed by atoms with Crippen LogP contribution in [0.2, 0.25) is 0 Å². The lowest BCUT2D eigenvalue weighted by molar-refractivity contribution is -0.130. The predicted octanol–water partition coefficient (Wildman–Crippen LogP) is 5.87. The van der Waals surface area contributed by atoms with Gasteiger partial charge in [0, 0.05) is 51.2 Å². The number of aliphatic hydroxyl groups excluding tert-OH is 2. The van der Waals surface area contributed by atoms with Crippen LogP contribution in [0.4, 0.5) is 17.2 Å². The number of aliphatic hydroxyl groups is 2. The van der Waals surface area contributed by atoms with E-state index in [1.807, 2.05) is 81.0 Å². The summed E-state index contributed by atoms with van der Waals surface area (Å²) in [5.74, 6) is 0.548. The highest BCUT2D eigenvalue weighted by Gasteiger charge is 2.25. The molecule has 0 bridgehead atoms. The maximum Gasteiger partial charge on any atom is 0.292 e. The van der Waals surface area contributed by atoms with Crippen LogP contribution in [-0.2, 0) is 11.8 Å². The number of fused-ring (bicyclic) bond motifs is 2. The highest BCUT2D eigenvalue weighted by Crippen LogP contribution is 2.33. The van der Waals surface area contributed by atoms with Gasteiger partial charge in [0.1, 0.15) is 29.1 Å². The second-order valence-electron chi connectivity index (χ2n) is 10.4. The summed E-state index contributed by atoms with van der Waals surface area (Å²) in [7, 11) is 1.96. The maximum absolute atomic E-state index is 12.6. The van der Waals surface area contributed by atoms with Crippen molar-refractivity contribution < 1.29 is 19.7 Å². The lowest BCUT2D eigenvalue weighted by Crippen LogP contribution is -2.36. The summed E-state index contributed by atoms with van der Waals surface area (Å²) < 4.78 is 9.93. The third-order valence-electron chi connectivity index (χ3n) is 7.46. The summed E-state index contributed by atoms with van der Waals surface area (Å²) in [6.07, 6.45) is 5.87. The summed E-state index contributed by atoms with van der Waals surface area (Å²) in [6, 6.07) is 13.7. The Morgan fingerprint density at radius 3 is 2.59 bits per heavy atom. The number of carbonyl (C=O) groups excluding carboxylic acids is 1. The SMILES string of the molecule is C/C(O)=C(\O)C(=O)N1CCCN(c2ccn3ncnc(Nc4ccc(Oc5ccc6c(c5)ncn6C)c(C)c4)c23)CC1.CC. The summed E-state index contributed by atoms with van der Waals surface area (Å²) in [5.41, 5.74) is 5.47. The minimum absolute atomic E-state index is 0.381. The first-order chi connectivity index (χ1) is 21.3. The Kier molecular flexibility index (Phi) is 8.88. The van der Waals surface area contributed by atoms with Gasteiger partial charge >= 0.3 is 0 Å². The zero-order valence-electron chi connectivity index (χ0n) is 25.7. The number of carbonyl (C=O) groups is 1. The molecule has 12 heteroatoms. The van der Waals surface area contributed by atoms with Crippen molar-refractivity contribution in [2.75, 3.05) is 36.4 Å². The monoisotopic (exact) mass is 598 g/mol. The predicted molar refractivity (Wildman–Crippen MR) is 171 cm³/mol. The highest BCUT2D eigenvalue weighted by molar-refractivity contribution is 5.91. The van der Waals surface area contributed by atoms with Gasteiger partial charge in [0.2, 0.25) is 5.76 Å². The van der Waals surface area contributed by atoms with Gasteiger partial charge in [-0.1, -0.05) is 13.8 Å². The molecular weight excluding hydrogens is 560 g/mol. The van der Waals surface area contributed by atoms with E-state index >= 15 is 0 Å². The van der Waals surface area contributed by atoms with Gasteiger partial charge < -0.3 is 34.6 Å². The number of benzene rings is 2. The van der Waals surface area contributed by atoms with Crippen LogP contribution in [0.5, 0.6) is 11.5 Å². The lowest BCUT2D eigenvalue weighted by Gasteiger charge is -2.23. The molecule has 0 atom stereocenters. The van der Waals surface area contributed by atoms with Gasteiger partial charge in [0.25, 0.3) is 5.91 Å². The number of imidazole rings is 1. The number of hydrogen-bond donors (Lipinski definition) is 3. The van der Waals surface area contributed by atoms with Crippen molar-refractivity contribution in [1.29, 1.82) is 0 Å². The number of hydrogen-bond acceptors (Lipinski definition) is 9. The van der Waals surface area contributed by atoms with Gasteiger partial charge in [-0.25, -0.2) is 14.5 Å². The number of aromatic nitrogens is 5. The van der Waals surface area contributed by atoms with Gasteiger partial charge in [0.05, 0.1) is 23.0 Å². The number of allylic oxidation sites excluding steroid dienone is 1. The number of anilines is 3. The van der Waals surface area contributed by atoms with Gasteiger partial charge in [-0.05, 0) is 62.2 Å². The van der Waals surface area contributed by atoms with Crippen LogP contribution in [0.15, 0.2) is 72.8 Å². The van der Waals surface area contributed by atoms with Crippen molar-refractivity contribution in [2.45, 2.75) is 34.1 Å². The van der Waals surface area contributed by atoms with Gasteiger partial charge in [0.15, 0.2) is 5.82 Å². The van der Waals surface area contributed by atoms with Gasteiger partial charge in [-0.15, -0.1) is 0 Å². The number of aryl methyl sites for hydroxylation is 2. The van der Waals surface area contributed by atoms with E-state index in [9.17, 15) is 15.0 Å². The standard InChI is InChI=1S/C30H32N8O4.C2H6/c1-19-15-21(5-8-26(19)42-22-6-7-24-23(16-22)32-18-35(24)3)34-29-27-25(9-12-38(27)33-17-31-29)36-10-4-11-37(14-13-36)30(41)28(40)20(2)39;1-2/h5-9,12,15-18,39-40H,4,10-11,13-14H2,1-3H3,(H,31,33,34);1-2H3/b28-20+;. The van der Waals surface area contributed by atoms with E-state index in [1.54, 1.807) is 15.7 Å². The normalized spacial score (nSPS) is 14.1. The fourth-order valence-electron chi connectivity index (χ4n) is 5.24. The Bertz CT molecular complexity index is 1820. The molecule has 3 N–H and O–H groups in total. The van der Waals surface area contributed by atoms with Crippen LogP contribution in [-0.4, -0.2) is 71.3 Å². The van der Waals surface area contributed by atoms with Crippen LogP contribution >= 0.6 is 0 Å². The number of nitrogens with zero attached hydrogens (tertiary/aromatic N) is 7. The molecule has 0 spiro atoms. The van der Waals surface area contributed by atoms with Crippen LogP contribution in [0.25, 0.3) is 16.6 Å². The highest BCUT2D eigenvalue weighted by atomic mass is 16.5. The molecule has 12 nitrogen and oxygen atoms in total. The molecule has 0 radical (unpaired) electrons. The molecule has 0 unspecified atom stereocenters. The average molecular weight is 599 g/mol. The Morgan fingerprint density at radius 2 is 1.82 bits per heavy atom. The van der Waals surface area contributed by atoms with Crippen molar-refractivity contribution in [3.8, 4) is 11.5 Å². The Hall–Kier alpha value is -5.26. The maximum atomic E-state index is 12.6. The van der Waals surface area contributed by atoms with Crippen LogP contribution in [0, 0.1) is 6.92 Å². The van der Waals surface area contributed by atoms with E-state index in [-0.39, 0.29) is 5.76 Å². The van der Waals surface area contributed by atoms with Crippen LogP contribution in [0.3, 0.4) is 0 Å². The number of rotatable bonds is 6. The second kappa shape index (κ2) is 12.9. The number of ether oxygens (including phenoxy) is 1. The average Bonchev–Trinajstić information content (AvgIpc) is 3.54. The number of amides is 1. The van der Waals surface area contributed by atoms with Crippen molar-refractivity contribution in [3.63, 3.8) is 0 Å². The zero-order valence-corrected chi connectivity index (χ0v) is 25.7. The number of nitrogens with one attached hydrogen (secondary N) is 1. The third kappa shape index (κ3) is 6.10. The third-order valence-corrected chi connectivity index (χ3v) is 7.46. The van der Waals surface area contributed by atoms with E-state index in [0.717, 1.165) is 45.0 Å². The zero-order chi connectivity index (χ0) is 31.4. The Morgan fingerprint density at radius 1 is 1.00 bits per heavy atom. The largest absolute Gasteiger partial charge is 0.509 e. The summed E-state index contributed by atoms with van der Waals surface area (Å²) in [4.78, 5) is 25.3. The molecule has 3 aromatic heterocycles. The Balaban J connectivity index is 0.00000188. The van der Waals surface area contributed by atoms with Crippen molar-refractivity contribution >= 4 is 39.6 Å². The molecule has 44 heavy (non-hydrogen) atoms. The van der Waals surface area contributed by atoms with Gasteiger partial charge in [-0.2, -0.15) is 5.10 Å². The lowest BCUT2D eigenvalue weighted by atomic mass is 10.2. The quantitative estimate of drug-likeness (QED) is 0.162. The minimum Gasteiger partial charge on any atom is -0.509 e. The molecule has 5 aromatic rings. The van der Waals surface area contributed by atoms with E-state index in [2.05, 4.69) is 25.3 Å². The molecule has 230 valence electrons. The molecular formula is C32H38N8O4. The summed E-state index contributed by atoms with van der Waals surface area (Å²) >= 11 is 0. The smallest absolute Gasteiger partial charge is 0.292 e. The van der Waals surface area contributed by atoms with E-state index in [1.165, 1.54) is 13.3 Å². The van der Waals surface area contributed by atoms with E-state index in [0.29, 0.717) is 38.4 Å². The molecule has 1 fully saturated rings. The first-order valence-corrected chi connectivity index (χ1v) is 14.7. The second-order valence-corrected chi connectivity index (χ2v) is 10.4. The topological polar surface area (TPSA) is 133 Å². The molecule has 0 saturated carbocycles. The fraction of sp³-hybridized carbons (Fsp3) is 0.312. The molecule has 1 aliphatic heterocycles. The summed E-state index contributed by atoms with van der Waals surface area (Å²) in [6.45, 7) is 9.42.